The summed E-state index contributed by atoms with van der Waals surface area (Å²) in [5.41, 5.74) is 0.0729. The molecule has 1 aromatic carbocycles. The van der Waals surface area contributed by atoms with Gasteiger partial charge in [0.1, 0.15) is 5.76 Å². The third kappa shape index (κ3) is 4.99. The molecule has 0 saturated carbocycles. The van der Waals surface area contributed by atoms with E-state index in [0.29, 0.717) is 17.3 Å². The molecule has 0 heterocycles. The van der Waals surface area contributed by atoms with Crippen molar-refractivity contribution in [3.8, 4) is 0 Å². The average Bonchev–Trinajstić information content (AvgIpc) is 2.53. The zero-order valence-corrected chi connectivity index (χ0v) is 14.9. The van der Waals surface area contributed by atoms with Crippen LogP contribution in [0.1, 0.15) is 25.3 Å². The van der Waals surface area contributed by atoms with E-state index in [-0.39, 0.29) is 18.2 Å². The third-order valence-corrected chi connectivity index (χ3v) is 3.73. The Morgan fingerprint density at radius 2 is 1.62 bits per heavy atom. The van der Waals surface area contributed by atoms with Gasteiger partial charge in [-0.25, -0.2) is 0 Å². The second-order valence-electron chi connectivity index (χ2n) is 5.23. The molecular formula is C16H14BrF7O2. The van der Waals surface area contributed by atoms with E-state index in [1.165, 1.54) is 24.3 Å². The summed E-state index contributed by atoms with van der Waals surface area (Å²) in [6.45, 7) is 1.75. The van der Waals surface area contributed by atoms with Gasteiger partial charge in [0.25, 0.3) is 0 Å². The van der Waals surface area contributed by atoms with E-state index in [1.54, 1.807) is 6.92 Å². The summed E-state index contributed by atoms with van der Waals surface area (Å²) in [6.07, 6.45) is -5.51. The van der Waals surface area contributed by atoms with Crippen molar-refractivity contribution in [3.63, 3.8) is 0 Å². The van der Waals surface area contributed by atoms with Crippen LogP contribution in [-0.4, -0.2) is 30.4 Å². The smallest absolute Gasteiger partial charge is 0.460 e. The van der Waals surface area contributed by atoms with E-state index in [1.807, 2.05) is 0 Å². The molecule has 0 aliphatic carbocycles. The van der Waals surface area contributed by atoms with Crippen LogP contribution >= 0.6 is 15.9 Å². The Labute approximate surface area is 153 Å². The summed E-state index contributed by atoms with van der Waals surface area (Å²) in [4.78, 5) is 11.5. The molecule has 1 rings (SSSR count). The molecule has 10 heteroatoms. The molecule has 0 amide bonds. The number of halogens is 8. The van der Waals surface area contributed by atoms with Crippen LogP contribution in [0.2, 0.25) is 0 Å². The van der Waals surface area contributed by atoms with Crippen LogP contribution in [0.4, 0.5) is 30.7 Å². The Morgan fingerprint density at radius 3 is 2.08 bits per heavy atom. The first kappa shape index (κ1) is 22.5. The predicted molar refractivity (Wildman–Crippen MR) is 83.9 cm³/mol. The number of hydrogen-bond acceptors (Lipinski definition) is 2. The quantitative estimate of drug-likeness (QED) is 0.210. The van der Waals surface area contributed by atoms with Gasteiger partial charge in [-0.15, -0.1) is 0 Å². The Balaban J connectivity index is 3.25. The molecular weight excluding hydrogens is 437 g/mol. The number of ketones is 1. The van der Waals surface area contributed by atoms with Crippen molar-refractivity contribution in [2.24, 2.45) is 0 Å². The van der Waals surface area contributed by atoms with Crippen molar-refractivity contribution in [3.05, 3.63) is 40.4 Å². The zero-order valence-electron chi connectivity index (χ0n) is 13.3. The molecule has 0 fully saturated rings. The summed E-state index contributed by atoms with van der Waals surface area (Å²) in [7, 11) is 0. The molecule has 0 aliphatic rings. The van der Waals surface area contributed by atoms with Gasteiger partial charge in [-0.3, -0.25) is 4.79 Å². The second-order valence-corrected chi connectivity index (χ2v) is 6.14. The topological polar surface area (TPSA) is 26.3 Å². The van der Waals surface area contributed by atoms with E-state index < -0.39 is 29.6 Å². The lowest BCUT2D eigenvalue weighted by atomic mass is 10.0. The zero-order chi connectivity index (χ0) is 20.2. The Kier molecular flexibility index (Phi) is 7.26. The Bertz CT molecular complexity index is 652. The highest BCUT2D eigenvalue weighted by atomic mass is 79.9. The summed E-state index contributed by atoms with van der Waals surface area (Å²) >= 11 is 3.12. The number of alkyl halides is 7. The van der Waals surface area contributed by atoms with Crippen LogP contribution in [0.15, 0.2) is 34.8 Å². The van der Waals surface area contributed by atoms with Gasteiger partial charge < -0.3 is 4.74 Å². The first-order valence-corrected chi connectivity index (χ1v) is 8.11. The number of allylic oxidation sites excluding steroid dienone is 1. The average molecular weight is 451 g/mol. The fourth-order valence-corrected chi connectivity index (χ4v) is 1.96. The molecule has 1 aromatic rings. The summed E-state index contributed by atoms with van der Waals surface area (Å²) < 4.78 is 95.3. The van der Waals surface area contributed by atoms with Crippen LogP contribution in [0.25, 0.3) is 5.76 Å². The first-order chi connectivity index (χ1) is 11.8. The van der Waals surface area contributed by atoms with Crippen LogP contribution in [0.5, 0.6) is 0 Å². The van der Waals surface area contributed by atoms with Crippen molar-refractivity contribution in [1.29, 1.82) is 0 Å². The van der Waals surface area contributed by atoms with E-state index in [2.05, 4.69) is 15.9 Å². The number of unbranched alkanes of at least 4 members (excludes halogenated alkanes) is 1. The number of benzene rings is 1. The van der Waals surface area contributed by atoms with Crippen LogP contribution < -0.4 is 0 Å². The minimum atomic E-state index is -6.58. The maximum atomic E-state index is 13.5. The molecule has 0 aliphatic heterocycles. The number of carbonyl (C=O) groups is 1. The minimum absolute atomic E-state index is 0.0292. The monoisotopic (exact) mass is 450 g/mol. The standard InChI is InChI=1S/C16H14BrF7O2/c1-2-3-8-26-12(10-4-6-11(17)7-5-10)9-13(25)14(18,19)15(20,21)16(22,23)24/h4-7,9H,2-3,8H2,1H3. The molecule has 2 nitrogen and oxygen atoms in total. The normalized spacial score (nSPS) is 13.7. The molecule has 0 radical (unpaired) electrons. The van der Waals surface area contributed by atoms with Gasteiger partial charge in [0, 0.05) is 16.1 Å². The highest BCUT2D eigenvalue weighted by Crippen LogP contribution is 2.47. The van der Waals surface area contributed by atoms with Gasteiger partial charge in [-0.05, 0) is 18.6 Å². The van der Waals surface area contributed by atoms with Gasteiger partial charge in [0.15, 0.2) is 0 Å². The molecule has 146 valence electrons. The third-order valence-electron chi connectivity index (χ3n) is 3.21. The van der Waals surface area contributed by atoms with Gasteiger partial charge in [-0.1, -0.05) is 41.4 Å². The van der Waals surface area contributed by atoms with Gasteiger partial charge in [-0.2, -0.15) is 30.7 Å². The molecule has 0 N–H and O–H groups in total. The molecule has 0 aromatic heterocycles. The highest BCUT2D eigenvalue weighted by molar-refractivity contribution is 9.10. The Morgan fingerprint density at radius 1 is 1.08 bits per heavy atom. The van der Waals surface area contributed by atoms with E-state index >= 15 is 0 Å². The predicted octanol–water partition coefficient (Wildman–Crippen LogP) is 6.01. The van der Waals surface area contributed by atoms with Crippen LogP contribution in [0, 0.1) is 0 Å². The number of rotatable bonds is 8. The highest BCUT2D eigenvalue weighted by Gasteiger charge is 2.75. The maximum absolute atomic E-state index is 13.5. The van der Waals surface area contributed by atoms with Crippen LogP contribution in [-0.2, 0) is 9.53 Å². The number of carbonyl (C=O) groups excluding carboxylic acids is 1. The van der Waals surface area contributed by atoms with Crippen molar-refractivity contribution in [2.75, 3.05) is 6.61 Å². The van der Waals surface area contributed by atoms with Gasteiger partial charge in [0.05, 0.1) is 6.61 Å². The fraction of sp³-hybridized carbons (Fsp3) is 0.438. The van der Waals surface area contributed by atoms with Crippen molar-refractivity contribution in [2.45, 2.75) is 37.8 Å². The van der Waals surface area contributed by atoms with Crippen molar-refractivity contribution in [1.82, 2.24) is 0 Å². The Hall–Kier alpha value is -1.58. The lowest BCUT2D eigenvalue weighted by molar-refractivity contribution is -0.342. The molecule has 0 atom stereocenters. The minimum Gasteiger partial charge on any atom is -0.493 e. The van der Waals surface area contributed by atoms with Gasteiger partial charge >= 0.3 is 18.0 Å². The maximum Gasteiger partial charge on any atom is 0.460 e. The molecule has 26 heavy (non-hydrogen) atoms. The molecule has 0 saturated heterocycles. The van der Waals surface area contributed by atoms with Gasteiger partial charge in [0.2, 0.25) is 5.78 Å². The molecule has 0 spiro atoms. The summed E-state index contributed by atoms with van der Waals surface area (Å²) in [6, 6.07) is 5.57. The number of hydrogen-bond donors (Lipinski definition) is 0. The lowest BCUT2D eigenvalue weighted by Gasteiger charge is -2.26. The van der Waals surface area contributed by atoms with Crippen molar-refractivity contribution < 1.29 is 40.3 Å². The van der Waals surface area contributed by atoms with E-state index in [0.717, 1.165) is 0 Å². The van der Waals surface area contributed by atoms with E-state index in [4.69, 9.17) is 4.74 Å². The summed E-state index contributed by atoms with van der Waals surface area (Å²) in [5.74, 6) is -15.7. The first-order valence-electron chi connectivity index (χ1n) is 7.31. The summed E-state index contributed by atoms with van der Waals surface area (Å²) in [5, 5.41) is 0. The SMILES string of the molecule is CCCCOC(=CC(=O)C(F)(F)C(F)(F)C(F)(F)F)c1ccc(Br)cc1. The van der Waals surface area contributed by atoms with Crippen molar-refractivity contribution >= 4 is 27.5 Å². The second kappa shape index (κ2) is 8.41. The molecule has 0 bridgehead atoms. The lowest BCUT2D eigenvalue weighted by Crippen LogP contribution is -2.55. The fourth-order valence-electron chi connectivity index (χ4n) is 1.69. The molecule has 0 unspecified atom stereocenters. The van der Waals surface area contributed by atoms with E-state index in [9.17, 15) is 35.5 Å². The number of ether oxygens (including phenoxy) is 1. The van der Waals surface area contributed by atoms with Crippen LogP contribution in [0.3, 0.4) is 0 Å². The largest absolute Gasteiger partial charge is 0.493 e.